The normalized spacial score (nSPS) is 12.5. The van der Waals surface area contributed by atoms with Crippen LogP contribution in [0.4, 0.5) is 0 Å². The second-order valence-corrected chi connectivity index (χ2v) is 26.1. The van der Waals surface area contributed by atoms with Crippen LogP contribution in [0.5, 0.6) is 0 Å². The Bertz CT molecular complexity index is 1050. The van der Waals surface area contributed by atoms with E-state index in [0.29, 0.717) is 0 Å². The summed E-state index contributed by atoms with van der Waals surface area (Å²) >= 11 is -0.826. The van der Waals surface area contributed by atoms with Crippen molar-refractivity contribution in [3.05, 3.63) is 53.6 Å². The standard InChI is InChI=1S/C28H41Si2.2ClH.Zr/c1-11-12-20-15-21-13-14-26(28(2,3)4)27(25(21)16-20)22-17-23(29(5,6)7)19-24(18-22)30(8,9)10;;;/h13-19H,11-12H2,1-10H3;2*1H;/q-1;;;+2/p-2. The summed E-state index contributed by atoms with van der Waals surface area (Å²) in [5.74, 6) is 0. The summed E-state index contributed by atoms with van der Waals surface area (Å²) in [7, 11) is 7.02. The van der Waals surface area contributed by atoms with Crippen molar-refractivity contribution < 1.29 is 20.8 Å². The summed E-state index contributed by atoms with van der Waals surface area (Å²) in [5.41, 5.74) is 5.98. The van der Waals surface area contributed by atoms with Crippen molar-refractivity contribution in [1.29, 1.82) is 0 Å². The van der Waals surface area contributed by atoms with Gasteiger partial charge in [0.15, 0.2) is 0 Å². The molecule has 3 aromatic carbocycles. The minimum absolute atomic E-state index is 0.111. The topological polar surface area (TPSA) is 0 Å². The molecule has 180 valence electrons. The van der Waals surface area contributed by atoms with Crippen LogP contribution >= 0.6 is 17.0 Å². The Morgan fingerprint density at radius 3 is 1.79 bits per heavy atom. The van der Waals surface area contributed by atoms with Crippen molar-refractivity contribution >= 4 is 54.3 Å². The Hall–Kier alpha value is -0.0531. The van der Waals surface area contributed by atoms with E-state index in [4.69, 9.17) is 17.0 Å². The first kappa shape index (κ1) is 29.2. The molecule has 3 rings (SSSR count). The maximum atomic E-state index is 4.93. The van der Waals surface area contributed by atoms with E-state index in [1.54, 1.807) is 10.4 Å². The average Bonchev–Trinajstić information content (AvgIpc) is 3.08. The van der Waals surface area contributed by atoms with Crippen LogP contribution in [0.15, 0.2) is 42.5 Å². The van der Waals surface area contributed by atoms with Crippen LogP contribution in [-0.2, 0) is 32.7 Å². The minimum atomic E-state index is -1.42. The van der Waals surface area contributed by atoms with E-state index in [9.17, 15) is 0 Å². The van der Waals surface area contributed by atoms with Crippen molar-refractivity contribution in [1.82, 2.24) is 0 Å². The number of halogens is 2. The Balaban J connectivity index is 0.00000122. The second kappa shape index (κ2) is 11.3. The third-order valence-corrected chi connectivity index (χ3v) is 10.3. The van der Waals surface area contributed by atoms with E-state index in [1.165, 1.54) is 39.4 Å². The van der Waals surface area contributed by atoms with Crippen molar-refractivity contribution in [3.8, 4) is 11.1 Å². The van der Waals surface area contributed by atoms with Crippen LogP contribution in [0.1, 0.15) is 45.2 Å². The summed E-state index contributed by atoms with van der Waals surface area (Å²) in [6, 6.07) is 17.2. The number of rotatable bonds is 5. The quantitative estimate of drug-likeness (QED) is 0.204. The van der Waals surface area contributed by atoms with Gasteiger partial charge in [-0.15, -0.1) is 34.5 Å². The third-order valence-electron chi connectivity index (χ3n) is 6.25. The zero-order valence-corrected chi connectivity index (χ0v) is 28.2. The fourth-order valence-electron chi connectivity index (χ4n) is 4.35. The summed E-state index contributed by atoms with van der Waals surface area (Å²) in [4.78, 5) is 0. The molecule has 0 amide bonds. The van der Waals surface area contributed by atoms with E-state index in [1.807, 2.05) is 0 Å². The SMILES string of the molecule is CCCc1cc2c(-c3cc([Si](C)(C)C)cc([Si](C)(C)C)c3)c(C(C)(C)C)ccc2[cH-]1.[Cl][Zr][Cl]. The Kier molecular flexibility index (Phi) is 10.0. The molecule has 0 fully saturated rings. The molecular weight excluding hydrogens is 555 g/mol. The van der Waals surface area contributed by atoms with Crippen molar-refractivity contribution in [2.45, 2.75) is 85.2 Å². The molecule has 0 atom stereocenters. The van der Waals surface area contributed by atoms with Gasteiger partial charge >= 0.3 is 37.9 Å². The predicted molar refractivity (Wildman–Crippen MR) is 155 cm³/mol. The van der Waals surface area contributed by atoms with E-state index >= 15 is 0 Å². The van der Waals surface area contributed by atoms with Crippen LogP contribution in [0.25, 0.3) is 21.9 Å². The van der Waals surface area contributed by atoms with Gasteiger partial charge in [0, 0.05) is 0 Å². The molecule has 0 spiro atoms. The maximum absolute atomic E-state index is 4.93. The van der Waals surface area contributed by atoms with Gasteiger partial charge < -0.3 is 0 Å². The molecular formula is C28H41Cl2Si2Zr-. The van der Waals surface area contributed by atoms with Crippen LogP contribution in [0.3, 0.4) is 0 Å². The number of benzene rings is 2. The molecule has 3 aromatic rings. The van der Waals surface area contributed by atoms with Crippen molar-refractivity contribution in [3.63, 3.8) is 0 Å². The summed E-state index contributed by atoms with van der Waals surface area (Å²) in [6.07, 6.45) is 2.36. The molecule has 0 heterocycles. The Morgan fingerprint density at radius 2 is 1.36 bits per heavy atom. The fraction of sp³-hybridized carbons (Fsp3) is 0.464. The molecule has 33 heavy (non-hydrogen) atoms. The van der Waals surface area contributed by atoms with Crippen LogP contribution in [0, 0.1) is 0 Å². The number of hydrogen-bond donors (Lipinski definition) is 0. The molecule has 0 saturated carbocycles. The Labute approximate surface area is 223 Å². The van der Waals surface area contributed by atoms with Crippen molar-refractivity contribution in [2.75, 3.05) is 0 Å². The number of fused-ring (bicyclic) bond motifs is 1. The molecule has 0 radical (unpaired) electrons. The molecule has 0 aromatic heterocycles. The molecule has 0 aliphatic rings. The zero-order chi connectivity index (χ0) is 25.2. The number of hydrogen-bond acceptors (Lipinski definition) is 0. The van der Waals surface area contributed by atoms with E-state index < -0.39 is 37.0 Å². The fourth-order valence-corrected chi connectivity index (χ4v) is 6.85. The van der Waals surface area contributed by atoms with Gasteiger partial charge in [0.1, 0.15) is 0 Å². The molecule has 0 saturated heterocycles. The summed E-state index contributed by atoms with van der Waals surface area (Å²) in [6.45, 7) is 24.2. The van der Waals surface area contributed by atoms with Crippen LogP contribution in [0.2, 0.25) is 39.3 Å². The molecule has 0 unspecified atom stereocenters. The first-order chi connectivity index (χ1) is 15.1. The molecule has 0 aliphatic carbocycles. The second-order valence-electron chi connectivity index (χ2n) is 12.2. The molecule has 0 nitrogen and oxygen atoms in total. The monoisotopic (exact) mass is 593 g/mol. The Morgan fingerprint density at radius 1 is 0.848 bits per heavy atom. The van der Waals surface area contributed by atoms with E-state index in [0.717, 1.165) is 6.42 Å². The third kappa shape index (κ3) is 7.47. The first-order valence-electron chi connectivity index (χ1n) is 12.0. The van der Waals surface area contributed by atoms with Crippen LogP contribution < -0.4 is 10.4 Å². The summed E-state index contributed by atoms with van der Waals surface area (Å²) in [5, 5.41) is 6.03. The van der Waals surface area contributed by atoms with Gasteiger partial charge in [-0.1, -0.05) is 113 Å². The van der Waals surface area contributed by atoms with Gasteiger partial charge in [0.2, 0.25) is 0 Å². The van der Waals surface area contributed by atoms with Gasteiger partial charge in [-0.2, -0.15) is 6.07 Å². The van der Waals surface area contributed by atoms with Gasteiger partial charge in [-0.25, -0.2) is 0 Å². The molecule has 0 N–H and O–H groups in total. The first-order valence-corrected chi connectivity index (χ1v) is 25.3. The van der Waals surface area contributed by atoms with E-state index in [2.05, 4.69) is 109 Å². The zero-order valence-electron chi connectivity index (χ0n) is 22.2. The van der Waals surface area contributed by atoms with Gasteiger partial charge in [-0.05, 0) is 17.4 Å². The van der Waals surface area contributed by atoms with Gasteiger partial charge in [-0.3, -0.25) is 0 Å². The summed E-state index contributed by atoms with van der Waals surface area (Å²) < 4.78 is 0. The average molecular weight is 596 g/mol. The molecule has 0 bridgehead atoms. The van der Waals surface area contributed by atoms with Crippen LogP contribution in [-0.4, -0.2) is 16.1 Å². The van der Waals surface area contributed by atoms with Crippen molar-refractivity contribution in [2.24, 2.45) is 0 Å². The molecule has 0 aliphatic heterocycles. The van der Waals surface area contributed by atoms with Gasteiger partial charge in [0.25, 0.3) is 0 Å². The number of aryl methyl sites for hydroxylation is 1. The van der Waals surface area contributed by atoms with Gasteiger partial charge in [0.05, 0.1) is 16.1 Å². The molecule has 5 heteroatoms. The van der Waals surface area contributed by atoms with E-state index in [-0.39, 0.29) is 5.41 Å². The predicted octanol–water partition coefficient (Wildman–Crippen LogP) is 8.94.